The number of hydrogen-bond acceptors (Lipinski definition) is 5. The number of hydrogen-bond donors (Lipinski definition) is 1. The molecule has 7 nitrogen and oxygen atoms in total. The fraction of sp³-hybridized carbons (Fsp3) is 0.263. The van der Waals surface area contributed by atoms with Crippen LogP contribution in [-0.4, -0.2) is 28.9 Å². The highest BCUT2D eigenvalue weighted by Gasteiger charge is 2.04. The molecule has 7 heteroatoms. The molecular weight excluding hydrogens is 330 g/mol. The number of anilines is 1. The molecule has 0 fully saturated rings. The number of aliphatic imine (C=N–C) groups is 1. The van der Waals surface area contributed by atoms with Gasteiger partial charge in [0.2, 0.25) is 0 Å². The van der Waals surface area contributed by atoms with E-state index in [1.807, 2.05) is 18.2 Å². The Morgan fingerprint density at radius 2 is 2.12 bits per heavy atom. The van der Waals surface area contributed by atoms with Crippen molar-refractivity contribution < 1.29 is 4.84 Å². The van der Waals surface area contributed by atoms with Crippen LogP contribution in [0.1, 0.15) is 23.6 Å². The van der Waals surface area contributed by atoms with Crippen LogP contribution in [0.3, 0.4) is 0 Å². The topological polar surface area (TPSA) is 94.9 Å². The first-order valence-corrected chi connectivity index (χ1v) is 8.31. The molecule has 2 aromatic rings. The Labute approximate surface area is 152 Å². The number of benzene rings is 1. The van der Waals surface area contributed by atoms with Crippen molar-refractivity contribution >= 4 is 24.3 Å². The third-order valence-corrected chi connectivity index (χ3v) is 3.85. The summed E-state index contributed by atoms with van der Waals surface area (Å²) in [5, 5.41) is 7.88. The minimum atomic E-state index is -0.241. The molecule has 0 atom stereocenters. The number of rotatable bonds is 7. The van der Waals surface area contributed by atoms with Crippen LogP contribution in [0.5, 0.6) is 0 Å². The Hall–Kier alpha value is -3.22. The zero-order valence-corrected chi connectivity index (χ0v) is 15.1. The molecule has 0 aliphatic heterocycles. The van der Waals surface area contributed by atoms with Crippen LogP contribution in [0.4, 0.5) is 5.69 Å². The molecule has 0 saturated carbocycles. The maximum Gasteiger partial charge on any atom is 0.271 e. The van der Waals surface area contributed by atoms with E-state index in [-0.39, 0.29) is 18.7 Å². The summed E-state index contributed by atoms with van der Waals surface area (Å²) in [7, 11) is 0. The molecule has 0 aliphatic carbocycles. The molecular formula is C19H23N5O2. The highest BCUT2D eigenvalue weighted by atomic mass is 16.6. The van der Waals surface area contributed by atoms with Crippen molar-refractivity contribution in [2.45, 2.75) is 26.8 Å². The Kier molecular flexibility index (Phi) is 6.84. The monoisotopic (exact) mass is 353 g/mol. The van der Waals surface area contributed by atoms with Gasteiger partial charge in [0.05, 0.1) is 18.4 Å². The molecule has 0 unspecified atom stereocenters. The lowest BCUT2D eigenvalue weighted by molar-refractivity contribution is 0.131. The molecule has 2 rings (SSSR count). The third kappa shape index (κ3) is 5.14. The fourth-order valence-corrected chi connectivity index (χ4v) is 2.14. The second-order valence-corrected chi connectivity index (χ2v) is 5.62. The van der Waals surface area contributed by atoms with Gasteiger partial charge in [-0.25, -0.2) is 9.67 Å². The standard InChI is InChI=1S/C19H23N5O2/c1-4-15-5-7-16(8-6-15)9-10-18(21-3)23-26-12-11-24-19(25)14(2)17(20)13-22-24/h5-10,13H,3-4,11-12,20H2,1-2H3/b10-9+,23-18-. The minimum absolute atomic E-state index is 0.175. The lowest BCUT2D eigenvalue weighted by Crippen LogP contribution is -2.27. The number of nitrogens with zero attached hydrogens (tertiary/aromatic N) is 4. The summed E-state index contributed by atoms with van der Waals surface area (Å²) >= 11 is 0. The van der Waals surface area contributed by atoms with E-state index < -0.39 is 0 Å². The van der Waals surface area contributed by atoms with Gasteiger partial charge in [0, 0.05) is 5.56 Å². The molecule has 2 N–H and O–H groups in total. The average Bonchev–Trinajstić information content (AvgIpc) is 2.67. The molecule has 1 aromatic heterocycles. The minimum Gasteiger partial charge on any atom is -0.397 e. The summed E-state index contributed by atoms with van der Waals surface area (Å²) in [6, 6.07) is 8.21. The number of oxime groups is 1. The Balaban J connectivity index is 1.93. The van der Waals surface area contributed by atoms with Crippen LogP contribution in [0, 0.1) is 6.92 Å². The molecule has 0 spiro atoms. The maximum atomic E-state index is 12.0. The fourth-order valence-electron chi connectivity index (χ4n) is 2.14. The van der Waals surface area contributed by atoms with Gasteiger partial charge in [0.1, 0.15) is 6.61 Å². The molecule has 0 bridgehead atoms. The summed E-state index contributed by atoms with van der Waals surface area (Å²) in [4.78, 5) is 21.0. The van der Waals surface area contributed by atoms with Gasteiger partial charge in [-0.15, -0.1) is 0 Å². The van der Waals surface area contributed by atoms with E-state index >= 15 is 0 Å². The predicted molar refractivity (Wildman–Crippen MR) is 105 cm³/mol. The van der Waals surface area contributed by atoms with Crippen LogP contribution in [0.15, 0.2) is 51.5 Å². The smallest absolute Gasteiger partial charge is 0.271 e. The summed E-state index contributed by atoms with van der Waals surface area (Å²) in [6.45, 7) is 7.69. The van der Waals surface area contributed by atoms with Gasteiger partial charge in [-0.2, -0.15) is 5.10 Å². The van der Waals surface area contributed by atoms with Gasteiger partial charge < -0.3 is 10.6 Å². The van der Waals surface area contributed by atoms with E-state index in [1.54, 1.807) is 13.0 Å². The first kappa shape index (κ1) is 19.1. The van der Waals surface area contributed by atoms with Crippen LogP contribution >= 0.6 is 0 Å². The quantitative estimate of drug-likeness (QED) is 0.358. The lowest BCUT2D eigenvalue weighted by atomic mass is 10.1. The van der Waals surface area contributed by atoms with Crippen molar-refractivity contribution in [3.63, 3.8) is 0 Å². The van der Waals surface area contributed by atoms with Gasteiger partial charge in [-0.1, -0.05) is 42.4 Å². The van der Waals surface area contributed by atoms with Gasteiger partial charge in [-0.05, 0) is 37.3 Å². The van der Waals surface area contributed by atoms with Crippen molar-refractivity contribution in [1.29, 1.82) is 0 Å². The highest BCUT2D eigenvalue weighted by Crippen LogP contribution is 2.07. The Morgan fingerprint density at radius 3 is 2.77 bits per heavy atom. The van der Waals surface area contributed by atoms with Crippen molar-refractivity contribution in [3.05, 3.63) is 63.6 Å². The Morgan fingerprint density at radius 1 is 1.38 bits per heavy atom. The van der Waals surface area contributed by atoms with Crippen LogP contribution in [0.25, 0.3) is 6.08 Å². The first-order chi connectivity index (χ1) is 12.5. The van der Waals surface area contributed by atoms with Gasteiger partial charge in [0.15, 0.2) is 5.84 Å². The molecule has 0 amide bonds. The summed E-state index contributed by atoms with van der Waals surface area (Å²) in [5.41, 5.74) is 8.56. The second kappa shape index (κ2) is 9.31. The number of nitrogens with two attached hydrogens (primary N) is 1. The number of aryl methyl sites for hydroxylation is 1. The molecule has 1 heterocycles. The van der Waals surface area contributed by atoms with E-state index in [0.29, 0.717) is 17.1 Å². The van der Waals surface area contributed by atoms with Crippen molar-refractivity contribution in [1.82, 2.24) is 9.78 Å². The van der Waals surface area contributed by atoms with E-state index in [2.05, 4.69) is 41.0 Å². The van der Waals surface area contributed by atoms with Crippen LogP contribution < -0.4 is 11.3 Å². The molecule has 0 saturated heterocycles. The zero-order valence-electron chi connectivity index (χ0n) is 15.1. The largest absolute Gasteiger partial charge is 0.397 e. The maximum absolute atomic E-state index is 12.0. The van der Waals surface area contributed by atoms with E-state index in [1.165, 1.54) is 16.4 Å². The number of aromatic nitrogens is 2. The van der Waals surface area contributed by atoms with E-state index in [4.69, 9.17) is 10.6 Å². The van der Waals surface area contributed by atoms with Gasteiger partial charge >= 0.3 is 0 Å². The highest BCUT2D eigenvalue weighted by molar-refractivity contribution is 5.98. The van der Waals surface area contributed by atoms with Crippen molar-refractivity contribution in [3.8, 4) is 0 Å². The lowest BCUT2D eigenvalue weighted by Gasteiger charge is -2.06. The van der Waals surface area contributed by atoms with Crippen molar-refractivity contribution in [2.24, 2.45) is 10.1 Å². The number of nitrogen functional groups attached to an aromatic ring is 1. The normalized spacial score (nSPS) is 11.7. The number of amidine groups is 1. The zero-order chi connectivity index (χ0) is 18.9. The summed E-state index contributed by atoms with van der Waals surface area (Å²) in [5.74, 6) is 0.346. The summed E-state index contributed by atoms with van der Waals surface area (Å²) in [6.07, 6.45) is 6.05. The average molecular weight is 353 g/mol. The van der Waals surface area contributed by atoms with E-state index in [9.17, 15) is 4.79 Å². The third-order valence-electron chi connectivity index (χ3n) is 3.85. The van der Waals surface area contributed by atoms with Crippen molar-refractivity contribution in [2.75, 3.05) is 12.3 Å². The molecule has 136 valence electrons. The van der Waals surface area contributed by atoms with Crippen LogP contribution in [0.2, 0.25) is 0 Å². The second-order valence-electron chi connectivity index (χ2n) is 5.62. The van der Waals surface area contributed by atoms with Gasteiger partial charge in [0.25, 0.3) is 5.56 Å². The van der Waals surface area contributed by atoms with Crippen LogP contribution in [-0.2, 0) is 17.8 Å². The SMILES string of the molecule is C=NC(/C=C/c1ccc(CC)cc1)=N\OCCn1ncc(N)c(C)c1=O. The molecule has 0 radical (unpaired) electrons. The first-order valence-electron chi connectivity index (χ1n) is 8.31. The molecule has 26 heavy (non-hydrogen) atoms. The molecule has 1 aromatic carbocycles. The molecule has 0 aliphatic rings. The Bertz CT molecular complexity index is 866. The van der Waals surface area contributed by atoms with E-state index in [0.717, 1.165) is 12.0 Å². The van der Waals surface area contributed by atoms with Gasteiger partial charge in [-0.3, -0.25) is 4.79 Å². The predicted octanol–water partition coefficient (Wildman–Crippen LogP) is 2.44. The summed E-state index contributed by atoms with van der Waals surface area (Å²) < 4.78 is 1.29.